The van der Waals surface area contributed by atoms with E-state index in [1.165, 1.54) is 60.0 Å². The zero-order chi connectivity index (χ0) is 32.1. The van der Waals surface area contributed by atoms with Gasteiger partial charge in [0.15, 0.2) is 5.58 Å². The maximum atomic E-state index is 6.81. The molecule has 3 heterocycles. The van der Waals surface area contributed by atoms with Crippen molar-refractivity contribution in [2.45, 2.75) is 0 Å². The Morgan fingerprint density at radius 3 is 1.86 bits per heavy atom. The average Bonchev–Trinajstić information content (AvgIpc) is 3.81. The lowest BCUT2D eigenvalue weighted by Gasteiger charge is -2.11. The number of hydrogen-bond acceptors (Lipinski definition) is 1. The Labute approximate surface area is 281 Å². The first-order chi connectivity index (χ1) is 24.3. The fraction of sp³-hybridized carbons (Fsp3) is 0. The quantitative estimate of drug-likeness (QED) is 0.192. The van der Waals surface area contributed by atoms with Crippen molar-refractivity contribution in [1.82, 2.24) is 9.13 Å². The van der Waals surface area contributed by atoms with Crippen LogP contribution in [0.3, 0.4) is 0 Å². The number of hydrogen-bond donors (Lipinski definition) is 0. The zero-order valence-electron chi connectivity index (χ0n) is 26.5. The van der Waals surface area contributed by atoms with Crippen LogP contribution in [-0.2, 0) is 0 Å². The summed E-state index contributed by atoms with van der Waals surface area (Å²) in [6.07, 6.45) is 0. The number of aromatic nitrogens is 2. The van der Waals surface area contributed by atoms with Crippen molar-refractivity contribution < 1.29 is 4.42 Å². The van der Waals surface area contributed by atoms with E-state index >= 15 is 0 Å². The van der Waals surface area contributed by atoms with Gasteiger partial charge in [0, 0.05) is 38.0 Å². The number of nitrogens with zero attached hydrogens (tertiary/aromatic N) is 2. The molecule has 11 rings (SSSR count). The van der Waals surface area contributed by atoms with Gasteiger partial charge in [-0.1, -0.05) is 121 Å². The highest BCUT2D eigenvalue weighted by Crippen LogP contribution is 2.44. The predicted octanol–water partition coefficient (Wildman–Crippen LogP) is 12.6. The third kappa shape index (κ3) is 3.73. The van der Waals surface area contributed by atoms with E-state index in [1.807, 2.05) is 0 Å². The molecule has 8 aromatic carbocycles. The summed E-state index contributed by atoms with van der Waals surface area (Å²) < 4.78 is 11.7. The maximum absolute atomic E-state index is 6.81. The summed E-state index contributed by atoms with van der Waals surface area (Å²) in [7, 11) is 0. The van der Waals surface area contributed by atoms with Crippen molar-refractivity contribution >= 4 is 76.3 Å². The van der Waals surface area contributed by atoms with E-state index in [0.717, 1.165) is 38.8 Å². The number of fused-ring (bicyclic) bond motifs is 11. The normalized spacial score (nSPS) is 12.1. The average molecular weight is 625 g/mol. The van der Waals surface area contributed by atoms with Crippen LogP contribution in [0.2, 0.25) is 0 Å². The van der Waals surface area contributed by atoms with Gasteiger partial charge in [-0.05, 0) is 70.4 Å². The van der Waals surface area contributed by atoms with Crippen LogP contribution in [0.25, 0.3) is 98.8 Å². The van der Waals surface area contributed by atoms with E-state index < -0.39 is 0 Å². The minimum absolute atomic E-state index is 0.896. The molecule has 0 aliphatic heterocycles. The van der Waals surface area contributed by atoms with Crippen molar-refractivity contribution in [3.8, 4) is 22.5 Å². The van der Waals surface area contributed by atoms with Crippen LogP contribution in [0.15, 0.2) is 174 Å². The largest absolute Gasteiger partial charge is 0.454 e. The van der Waals surface area contributed by atoms with Crippen LogP contribution in [0.1, 0.15) is 0 Å². The van der Waals surface area contributed by atoms with E-state index in [0.29, 0.717) is 0 Å². The van der Waals surface area contributed by atoms with Gasteiger partial charge in [-0.25, -0.2) is 0 Å². The van der Waals surface area contributed by atoms with E-state index in [2.05, 4.69) is 179 Å². The molecule has 0 saturated heterocycles. The molecular formula is C46H28N2O. The van der Waals surface area contributed by atoms with Crippen LogP contribution in [0.5, 0.6) is 0 Å². The Hall–Kier alpha value is -6.58. The number of rotatable bonds is 3. The number of para-hydroxylation sites is 3. The molecule has 0 N–H and O–H groups in total. The fourth-order valence-electron chi connectivity index (χ4n) is 8.12. The van der Waals surface area contributed by atoms with Crippen molar-refractivity contribution in [2.24, 2.45) is 0 Å². The van der Waals surface area contributed by atoms with Gasteiger partial charge in [0.1, 0.15) is 5.58 Å². The summed E-state index contributed by atoms with van der Waals surface area (Å²) in [6, 6.07) is 61.2. The van der Waals surface area contributed by atoms with E-state index in [-0.39, 0.29) is 0 Å². The third-order valence-corrected chi connectivity index (χ3v) is 10.3. The van der Waals surface area contributed by atoms with Gasteiger partial charge in [-0.3, -0.25) is 0 Å². The molecule has 11 aromatic rings. The minimum Gasteiger partial charge on any atom is -0.454 e. The molecule has 0 radical (unpaired) electrons. The molecule has 0 saturated carbocycles. The van der Waals surface area contributed by atoms with Gasteiger partial charge in [-0.15, -0.1) is 0 Å². The van der Waals surface area contributed by atoms with Crippen molar-refractivity contribution in [1.29, 1.82) is 0 Å². The van der Waals surface area contributed by atoms with Crippen LogP contribution >= 0.6 is 0 Å². The first-order valence-corrected chi connectivity index (χ1v) is 16.8. The molecule has 0 unspecified atom stereocenters. The molecule has 0 amide bonds. The van der Waals surface area contributed by atoms with Crippen molar-refractivity contribution in [3.05, 3.63) is 170 Å². The van der Waals surface area contributed by atoms with Crippen molar-refractivity contribution in [3.63, 3.8) is 0 Å². The summed E-state index contributed by atoms with van der Waals surface area (Å²) in [5, 5.41) is 9.56. The summed E-state index contributed by atoms with van der Waals surface area (Å²) in [6.45, 7) is 0. The highest BCUT2D eigenvalue weighted by molar-refractivity contribution is 6.26. The fourth-order valence-corrected chi connectivity index (χ4v) is 8.12. The molecule has 0 aliphatic rings. The Morgan fingerprint density at radius 1 is 0.388 bits per heavy atom. The van der Waals surface area contributed by atoms with Gasteiger partial charge in [0.25, 0.3) is 0 Å². The lowest BCUT2D eigenvalue weighted by molar-refractivity contribution is 0.667. The smallest absolute Gasteiger partial charge is 0.159 e. The number of benzene rings is 8. The summed E-state index contributed by atoms with van der Waals surface area (Å²) in [5.74, 6) is 0. The molecule has 3 aromatic heterocycles. The molecule has 228 valence electrons. The Morgan fingerprint density at radius 2 is 1.04 bits per heavy atom. The van der Waals surface area contributed by atoms with Crippen LogP contribution in [-0.4, -0.2) is 9.13 Å². The summed E-state index contributed by atoms with van der Waals surface area (Å²) >= 11 is 0. The first-order valence-electron chi connectivity index (χ1n) is 16.8. The highest BCUT2D eigenvalue weighted by atomic mass is 16.3. The number of furan rings is 1. The van der Waals surface area contributed by atoms with Crippen LogP contribution in [0.4, 0.5) is 0 Å². The molecular weight excluding hydrogens is 597 g/mol. The zero-order valence-corrected chi connectivity index (χ0v) is 26.5. The highest BCUT2D eigenvalue weighted by Gasteiger charge is 2.23. The lowest BCUT2D eigenvalue weighted by Crippen LogP contribution is -1.96. The van der Waals surface area contributed by atoms with Gasteiger partial charge in [0.2, 0.25) is 0 Å². The Bertz CT molecular complexity index is 3090. The molecule has 49 heavy (non-hydrogen) atoms. The van der Waals surface area contributed by atoms with E-state index in [1.54, 1.807) is 0 Å². The van der Waals surface area contributed by atoms with Gasteiger partial charge in [-0.2, -0.15) is 0 Å². The van der Waals surface area contributed by atoms with Gasteiger partial charge >= 0.3 is 0 Å². The lowest BCUT2D eigenvalue weighted by atomic mass is 10.1. The molecule has 0 atom stereocenters. The molecule has 3 heteroatoms. The summed E-state index contributed by atoms with van der Waals surface area (Å²) in [5.41, 5.74) is 11.1. The monoisotopic (exact) mass is 624 g/mol. The third-order valence-electron chi connectivity index (χ3n) is 10.3. The van der Waals surface area contributed by atoms with Crippen LogP contribution in [0, 0.1) is 0 Å². The van der Waals surface area contributed by atoms with Crippen LogP contribution < -0.4 is 0 Å². The second-order valence-electron chi connectivity index (χ2n) is 12.9. The Kier molecular flexibility index (Phi) is 5.38. The van der Waals surface area contributed by atoms with Crippen molar-refractivity contribution in [2.75, 3.05) is 0 Å². The van der Waals surface area contributed by atoms with Gasteiger partial charge < -0.3 is 13.6 Å². The second kappa shape index (κ2) is 9.96. The molecule has 0 spiro atoms. The van der Waals surface area contributed by atoms with Gasteiger partial charge in [0.05, 0.1) is 27.8 Å². The van der Waals surface area contributed by atoms with E-state index in [4.69, 9.17) is 4.42 Å². The minimum atomic E-state index is 0.896. The standard InChI is InChI=1S/C46H28N2O/c1-2-11-29(12-3-1)30-21-23-33(24-22-30)47-40-19-9-7-16-37(40)44-41(47)26-25-35-34-15-6-8-18-39(34)48(45(35)44)42-20-10-17-36-38-27-31-13-4-5-14-32(31)28-43(38)49-46(36)42/h1-28H. The molecule has 3 nitrogen and oxygen atoms in total. The summed E-state index contributed by atoms with van der Waals surface area (Å²) in [4.78, 5) is 0. The topological polar surface area (TPSA) is 23.0 Å². The first kappa shape index (κ1) is 26.5. The molecule has 0 bridgehead atoms. The SMILES string of the molecule is c1ccc(-c2ccc(-n3c4ccccc4c4c3ccc3c5ccccc5n(-c5cccc6c5oc5cc7ccccc7cc56)c34)cc2)cc1. The molecule has 0 aliphatic carbocycles. The maximum Gasteiger partial charge on any atom is 0.159 e. The van der Waals surface area contributed by atoms with E-state index in [9.17, 15) is 0 Å². The molecule has 0 fully saturated rings. The predicted molar refractivity (Wildman–Crippen MR) is 205 cm³/mol. The Balaban J connectivity index is 1.24. The second-order valence-corrected chi connectivity index (χ2v) is 12.9.